The fourth-order valence-electron chi connectivity index (χ4n) is 1.10. The van der Waals surface area contributed by atoms with Gasteiger partial charge in [0.2, 0.25) is 0 Å². The Labute approximate surface area is 64.5 Å². The van der Waals surface area contributed by atoms with Crippen molar-refractivity contribution >= 4 is 0 Å². The average Bonchev–Trinajstić information content (AvgIpc) is 1.89. The van der Waals surface area contributed by atoms with Crippen LogP contribution in [0, 0.1) is 11.8 Å². The van der Waals surface area contributed by atoms with Gasteiger partial charge in [0.1, 0.15) is 0 Å². The molecule has 0 aromatic carbocycles. The Morgan fingerprint density at radius 3 is 2.20 bits per heavy atom. The zero-order chi connectivity index (χ0) is 7.98. The molecular weight excluding hydrogens is 124 g/mol. The van der Waals surface area contributed by atoms with Crippen LogP contribution in [0.5, 0.6) is 0 Å². The van der Waals surface area contributed by atoms with Crippen LogP contribution in [-0.2, 0) is 0 Å². The third kappa shape index (κ3) is 3.89. The van der Waals surface area contributed by atoms with Gasteiger partial charge in [-0.05, 0) is 18.3 Å². The van der Waals surface area contributed by atoms with Crippen LogP contribution in [0.1, 0.15) is 40.0 Å². The maximum atomic E-state index is 8.92. The predicted molar refractivity (Wildman–Crippen MR) is 44.9 cm³/mol. The molecule has 0 saturated heterocycles. The molecule has 0 aliphatic rings. The summed E-state index contributed by atoms with van der Waals surface area (Å²) in [5.41, 5.74) is 0. The van der Waals surface area contributed by atoms with E-state index < -0.39 is 0 Å². The van der Waals surface area contributed by atoms with E-state index in [-0.39, 0.29) is 0 Å². The molecule has 0 aliphatic carbocycles. The van der Waals surface area contributed by atoms with E-state index >= 15 is 0 Å². The van der Waals surface area contributed by atoms with Gasteiger partial charge in [0.25, 0.3) is 0 Å². The summed E-state index contributed by atoms with van der Waals surface area (Å²) in [6, 6.07) is 0. The van der Waals surface area contributed by atoms with E-state index in [1.807, 2.05) is 0 Å². The minimum absolute atomic E-state index is 0.359. The summed E-state index contributed by atoms with van der Waals surface area (Å²) in [6.45, 7) is 6.90. The minimum Gasteiger partial charge on any atom is -0.396 e. The summed E-state index contributed by atoms with van der Waals surface area (Å²) < 4.78 is 0. The summed E-state index contributed by atoms with van der Waals surface area (Å²) in [5, 5.41) is 8.92. The normalized spacial score (nSPS) is 14.1. The molecule has 0 saturated carbocycles. The van der Waals surface area contributed by atoms with Gasteiger partial charge in [-0.1, -0.05) is 33.6 Å². The van der Waals surface area contributed by atoms with Crippen LogP contribution >= 0.6 is 0 Å². The van der Waals surface area contributed by atoms with Crippen molar-refractivity contribution in [1.82, 2.24) is 0 Å². The molecule has 1 nitrogen and oxygen atoms in total. The highest BCUT2D eigenvalue weighted by atomic mass is 16.3. The Bertz CT molecular complexity index is 69.1. The molecule has 0 radical (unpaired) electrons. The van der Waals surface area contributed by atoms with E-state index in [2.05, 4.69) is 20.8 Å². The third-order valence-electron chi connectivity index (χ3n) is 2.11. The van der Waals surface area contributed by atoms with Crippen molar-refractivity contribution in [1.29, 1.82) is 0 Å². The number of aliphatic hydroxyl groups excluding tert-OH is 1. The smallest absolute Gasteiger partial charge is 0.0461 e. The van der Waals surface area contributed by atoms with E-state index in [0.717, 1.165) is 0 Å². The van der Waals surface area contributed by atoms with E-state index in [9.17, 15) is 0 Å². The molecule has 62 valence electrons. The molecule has 0 rings (SSSR count). The zero-order valence-corrected chi connectivity index (χ0v) is 7.43. The lowest BCUT2D eigenvalue weighted by atomic mass is 9.92. The van der Waals surface area contributed by atoms with Gasteiger partial charge in [-0.2, -0.15) is 0 Å². The van der Waals surface area contributed by atoms with Gasteiger partial charge in [-0.15, -0.1) is 0 Å². The SMILES string of the molecule is CCCCC(CO)C(C)C. The van der Waals surface area contributed by atoms with Crippen molar-refractivity contribution < 1.29 is 5.11 Å². The fraction of sp³-hybridized carbons (Fsp3) is 1.00. The van der Waals surface area contributed by atoms with Crippen molar-refractivity contribution in [3.8, 4) is 0 Å². The summed E-state index contributed by atoms with van der Waals surface area (Å²) in [7, 11) is 0. The zero-order valence-electron chi connectivity index (χ0n) is 7.43. The van der Waals surface area contributed by atoms with Crippen LogP contribution < -0.4 is 0 Å². The molecule has 0 heterocycles. The van der Waals surface area contributed by atoms with Gasteiger partial charge in [0.15, 0.2) is 0 Å². The largest absolute Gasteiger partial charge is 0.396 e. The molecule has 1 N–H and O–H groups in total. The molecule has 0 fully saturated rings. The maximum Gasteiger partial charge on any atom is 0.0461 e. The quantitative estimate of drug-likeness (QED) is 0.628. The van der Waals surface area contributed by atoms with Crippen LogP contribution in [0.15, 0.2) is 0 Å². The van der Waals surface area contributed by atoms with E-state index in [0.29, 0.717) is 18.4 Å². The molecule has 1 atom stereocenters. The summed E-state index contributed by atoms with van der Waals surface area (Å²) in [6.07, 6.45) is 3.68. The number of hydrogen-bond acceptors (Lipinski definition) is 1. The standard InChI is InChI=1S/C9H20O/c1-4-5-6-9(7-10)8(2)3/h8-10H,4-7H2,1-3H3. The fourth-order valence-corrected chi connectivity index (χ4v) is 1.10. The van der Waals surface area contributed by atoms with Crippen LogP contribution in [0.2, 0.25) is 0 Å². The Morgan fingerprint density at radius 2 is 1.90 bits per heavy atom. The van der Waals surface area contributed by atoms with Crippen LogP contribution in [0.25, 0.3) is 0 Å². The Hall–Kier alpha value is -0.0400. The first kappa shape index (κ1) is 9.96. The Kier molecular flexibility index (Phi) is 5.70. The molecule has 10 heavy (non-hydrogen) atoms. The lowest BCUT2D eigenvalue weighted by molar-refractivity contribution is 0.179. The molecule has 1 unspecified atom stereocenters. The highest BCUT2D eigenvalue weighted by Crippen LogP contribution is 2.16. The molecule has 0 aromatic heterocycles. The number of aliphatic hydroxyl groups is 1. The highest BCUT2D eigenvalue weighted by Gasteiger charge is 2.10. The topological polar surface area (TPSA) is 20.2 Å². The Balaban J connectivity index is 3.40. The van der Waals surface area contributed by atoms with Crippen molar-refractivity contribution in [2.45, 2.75) is 40.0 Å². The second-order valence-electron chi connectivity index (χ2n) is 3.33. The van der Waals surface area contributed by atoms with Crippen LogP contribution in [-0.4, -0.2) is 11.7 Å². The van der Waals surface area contributed by atoms with Crippen molar-refractivity contribution in [2.24, 2.45) is 11.8 Å². The van der Waals surface area contributed by atoms with Gasteiger partial charge in [0.05, 0.1) is 0 Å². The highest BCUT2D eigenvalue weighted by molar-refractivity contribution is 4.60. The molecule has 0 aromatic rings. The van der Waals surface area contributed by atoms with Crippen LogP contribution in [0.3, 0.4) is 0 Å². The summed E-state index contributed by atoms with van der Waals surface area (Å²) in [5.74, 6) is 1.16. The lowest BCUT2D eigenvalue weighted by Crippen LogP contribution is -2.12. The molecular formula is C9H20O. The van der Waals surface area contributed by atoms with E-state index in [1.54, 1.807) is 0 Å². The molecule has 0 bridgehead atoms. The summed E-state index contributed by atoms with van der Waals surface area (Å²) in [4.78, 5) is 0. The molecule has 1 heteroatoms. The molecule has 0 amide bonds. The van der Waals surface area contributed by atoms with Gasteiger partial charge in [-0.25, -0.2) is 0 Å². The lowest BCUT2D eigenvalue weighted by Gasteiger charge is -2.16. The number of hydrogen-bond donors (Lipinski definition) is 1. The van der Waals surface area contributed by atoms with Gasteiger partial charge < -0.3 is 5.11 Å². The van der Waals surface area contributed by atoms with E-state index in [1.165, 1.54) is 19.3 Å². The van der Waals surface area contributed by atoms with Gasteiger partial charge >= 0.3 is 0 Å². The first-order chi connectivity index (χ1) is 4.72. The second-order valence-corrected chi connectivity index (χ2v) is 3.33. The Morgan fingerprint density at radius 1 is 1.30 bits per heavy atom. The third-order valence-corrected chi connectivity index (χ3v) is 2.11. The van der Waals surface area contributed by atoms with Crippen molar-refractivity contribution in [2.75, 3.05) is 6.61 Å². The number of unbranched alkanes of at least 4 members (excludes halogenated alkanes) is 1. The van der Waals surface area contributed by atoms with Gasteiger partial charge in [0, 0.05) is 6.61 Å². The van der Waals surface area contributed by atoms with E-state index in [4.69, 9.17) is 5.11 Å². The maximum absolute atomic E-state index is 8.92. The molecule has 0 spiro atoms. The van der Waals surface area contributed by atoms with Crippen molar-refractivity contribution in [3.63, 3.8) is 0 Å². The van der Waals surface area contributed by atoms with Crippen LogP contribution in [0.4, 0.5) is 0 Å². The predicted octanol–water partition coefficient (Wildman–Crippen LogP) is 2.44. The minimum atomic E-state index is 0.359. The molecule has 0 aliphatic heterocycles. The van der Waals surface area contributed by atoms with Gasteiger partial charge in [-0.3, -0.25) is 0 Å². The second kappa shape index (κ2) is 5.72. The first-order valence-corrected chi connectivity index (χ1v) is 4.33. The first-order valence-electron chi connectivity index (χ1n) is 4.33. The average molecular weight is 144 g/mol. The summed E-state index contributed by atoms with van der Waals surface area (Å²) >= 11 is 0. The van der Waals surface area contributed by atoms with Crippen molar-refractivity contribution in [3.05, 3.63) is 0 Å². The number of rotatable bonds is 5. The monoisotopic (exact) mass is 144 g/mol.